The number of ether oxygens (including phenoxy) is 1. The van der Waals surface area contributed by atoms with Crippen LogP contribution in [-0.4, -0.2) is 33.0 Å². The van der Waals surface area contributed by atoms with Crippen molar-refractivity contribution < 1.29 is 24.9 Å². The van der Waals surface area contributed by atoms with Crippen molar-refractivity contribution in [1.82, 2.24) is 4.57 Å². The minimum atomic E-state index is -1.09. The van der Waals surface area contributed by atoms with Gasteiger partial charge >= 0.3 is 5.97 Å². The molecule has 0 spiro atoms. The van der Waals surface area contributed by atoms with Crippen LogP contribution in [0.4, 0.5) is 0 Å². The maximum atomic E-state index is 10.7. The molecule has 1 aromatic carbocycles. The fraction of sp³-hybridized carbons (Fsp3) is 0.231. The molecule has 0 aliphatic rings. The second-order valence-electron chi connectivity index (χ2n) is 4.27. The first kappa shape index (κ1) is 15.3. The first-order valence-corrected chi connectivity index (χ1v) is 7.14. The summed E-state index contributed by atoms with van der Waals surface area (Å²) in [4.78, 5) is 11.2. The molecule has 0 aliphatic heterocycles. The maximum Gasteiger partial charge on any atom is 0.323 e. The highest BCUT2D eigenvalue weighted by molar-refractivity contribution is 7.73. The molecule has 0 bridgehead atoms. The summed E-state index contributed by atoms with van der Waals surface area (Å²) in [5.41, 5.74) is 0.559. The van der Waals surface area contributed by atoms with Crippen LogP contribution in [0.3, 0.4) is 0 Å². The fourth-order valence-electron chi connectivity index (χ4n) is 1.84. The van der Waals surface area contributed by atoms with Gasteiger partial charge in [-0.2, -0.15) is 0 Å². The molecular weight excluding hydrogens is 314 g/mol. The molecule has 6 nitrogen and oxygen atoms in total. The Bertz CT molecular complexity index is 735. The first-order valence-electron chi connectivity index (χ1n) is 5.91. The summed E-state index contributed by atoms with van der Waals surface area (Å²) >= 11 is 6.16. The fourth-order valence-corrected chi connectivity index (χ4v) is 3.19. The summed E-state index contributed by atoms with van der Waals surface area (Å²) in [5, 5.41) is 28.7. The lowest BCUT2D eigenvalue weighted by molar-refractivity contribution is -0.137. The van der Waals surface area contributed by atoms with Crippen LogP contribution in [0.2, 0.25) is 0 Å². The molecule has 0 saturated heterocycles. The standard InChI is InChI=1S/C13H13NO5S2/c1-19-8-2-3-9(15)7(4-8)5-10-12(18)14(6-11(16)17)13(20)21-10/h2-4,15,18H,5-6H2,1H3,(H,16,17). The third-order valence-electron chi connectivity index (χ3n) is 2.87. The summed E-state index contributed by atoms with van der Waals surface area (Å²) < 4.78 is 6.50. The highest BCUT2D eigenvalue weighted by Gasteiger charge is 2.16. The summed E-state index contributed by atoms with van der Waals surface area (Å²) in [6, 6.07) is 4.77. The summed E-state index contributed by atoms with van der Waals surface area (Å²) in [6.45, 7) is -0.398. The molecule has 1 heterocycles. The number of hydrogen-bond acceptors (Lipinski definition) is 6. The predicted molar refractivity (Wildman–Crippen MR) is 79.9 cm³/mol. The van der Waals surface area contributed by atoms with E-state index in [4.69, 9.17) is 22.1 Å². The lowest BCUT2D eigenvalue weighted by atomic mass is 10.1. The Morgan fingerprint density at radius 3 is 2.76 bits per heavy atom. The number of carboxylic acids is 1. The maximum absolute atomic E-state index is 10.7. The van der Waals surface area contributed by atoms with Gasteiger partial charge in [0.25, 0.3) is 0 Å². The highest BCUT2D eigenvalue weighted by atomic mass is 32.1. The van der Waals surface area contributed by atoms with Gasteiger partial charge < -0.3 is 20.1 Å². The normalized spacial score (nSPS) is 10.5. The van der Waals surface area contributed by atoms with Crippen LogP contribution in [0.1, 0.15) is 10.4 Å². The van der Waals surface area contributed by atoms with Crippen molar-refractivity contribution in [3.63, 3.8) is 0 Å². The number of aromatic nitrogens is 1. The molecule has 21 heavy (non-hydrogen) atoms. The van der Waals surface area contributed by atoms with E-state index in [1.54, 1.807) is 12.1 Å². The van der Waals surface area contributed by atoms with Gasteiger partial charge in [0.2, 0.25) is 5.88 Å². The van der Waals surface area contributed by atoms with E-state index in [0.29, 0.717) is 16.2 Å². The molecule has 0 amide bonds. The Kier molecular flexibility index (Phi) is 4.49. The number of phenolic OH excluding ortho intramolecular Hbond substituents is 1. The van der Waals surface area contributed by atoms with E-state index in [0.717, 1.165) is 15.9 Å². The molecule has 112 valence electrons. The predicted octanol–water partition coefficient (Wildman–Crippen LogP) is 2.37. The summed E-state index contributed by atoms with van der Waals surface area (Å²) in [6.07, 6.45) is 0.232. The van der Waals surface area contributed by atoms with Gasteiger partial charge in [0.1, 0.15) is 18.0 Å². The SMILES string of the molecule is COc1ccc(O)c(Cc2sc(=S)n(CC(=O)O)c2O)c1. The molecule has 1 aromatic heterocycles. The molecule has 0 radical (unpaired) electrons. The van der Waals surface area contributed by atoms with Crippen molar-refractivity contribution in [1.29, 1.82) is 0 Å². The minimum Gasteiger partial charge on any atom is -0.508 e. The van der Waals surface area contributed by atoms with E-state index >= 15 is 0 Å². The monoisotopic (exact) mass is 327 g/mol. The van der Waals surface area contributed by atoms with Gasteiger partial charge in [0.15, 0.2) is 3.95 Å². The van der Waals surface area contributed by atoms with Gasteiger partial charge in [-0.05, 0) is 30.4 Å². The highest BCUT2D eigenvalue weighted by Crippen LogP contribution is 2.32. The van der Waals surface area contributed by atoms with Crippen LogP contribution >= 0.6 is 23.6 Å². The number of thiazole rings is 1. The molecule has 2 aromatic rings. The zero-order valence-electron chi connectivity index (χ0n) is 11.1. The number of methoxy groups -OCH3 is 1. The van der Waals surface area contributed by atoms with E-state index in [1.807, 2.05) is 0 Å². The molecule has 0 unspecified atom stereocenters. The molecule has 3 N–H and O–H groups in total. The quantitative estimate of drug-likeness (QED) is 0.730. The van der Waals surface area contributed by atoms with Crippen LogP contribution in [0.25, 0.3) is 0 Å². The molecule has 8 heteroatoms. The van der Waals surface area contributed by atoms with Crippen LogP contribution in [0, 0.1) is 3.95 Å². The largest absolute Gasteiger partial charge is 0.508 e. The number of hydrogen-bond donors (Lipinski definition) is 3. The van der Waals surface area contributed by atoms with E-state index in [9.17, 15) is 15.0 Å². The number of carbonyl (C=O) groups is 1. The number of nitrogens with zero attached hydrogens (tertiary/aromatic N) is 1. The van der Waals surface area contributed by atoms with Crippen molar-refractivity contribution in [2.45, 2.75) is 13.0 Å². The summed E-state index contributed by atoms with van der Waals surface area (Å²) in [5.74, 6) is -0.625. The van der Waals surface area contributed by atoms with Crippen molar-refractivity contribution >= 4 is 29.5 Å². The van der Waals surface area contributed by atoms with Crippen LogP contribution < -0.4 is 4.74 Å². The van der Waals surface area contributed by atoms with Crippen LogP contribution in [-0.2, 0) is 17.8 Å². The third-order valence-corrected chi connectivity index (χ3v) is 4.31. The van der Waals surface area contributed by atoms with Crippen LogP contribution in [0.15, 0.2) is 18.2 Å². The van der Waals surface area contributed by atoms with Gasteiger partial charge in [0.05, 0.1) is 12.0 Å². The Morgan fingerprint density at radius 2 is 2.14 bits per heavy atom. The van der Waals surface area contributed by atoms with Gasteiger partial charge in [-0.25, -0.2) is 0 Å². The number of aromatic hydroxyl groups is 2. The smallest absolute Gasteiger partial charge is 0.323 e. The Morgan fingerprint density at radius 1 is 1.43 bits per heavy atom. The lowest BCUT2D eigenvalue weighted by Gasteiger charge is -2.07. The van der Waals surface area contributed by atoms with Crippen molar-refractivity contribution in [2.75, 3.05) is 7.11 Å². The Balaban J connectivity index is 2.36. The first-order chi connectivity index (χ1) is 9.92. The van der Waals surface area contributed by atoms with Gasteiger partial charge in [-0.1, -0.05) is 0 Å². The number of benzene rings is 1. The second kappa shape index (κ2) is 6.15. The molecule has 0 saturated carbocycles. The Hall–Kier alpha value is -2.06. The second-order valence-corrected chi connectivity index (χ2v) is 5.99. The average molecular weight is 327 g/mol. The lowest BCUT2D eigenvalue weighted by Crippen LogP contribution is -2.08. The van der Waals surface area contributed by atoms with Crippen LogP contribution in [0.5, 0.6) is 17.4 Å². The zero-order valence-corrected chi connectivity index (χ0v) is 12.7. The average Bonchev–Trinajstić information content (AvgIpc) is 2.68. The topological polar surface area (TPSA) is 91.9 Å². The zero-order chi connectivity index (χ0) is 15.6. The number of phenols is 1. The molecular formula is C13H13NO5S2. The van der Waals surface area contributed by atoms with Crippen molar-refractivity contribution in [2.24, 2.45) is 0 Å². The van der Waals surface area contributed by atoms with Gasteiger partial charge in [-0.3, -0.25) is 9.36 Å². The van der Waals surface area contributed by atoms with Crippen molar-refractivity contribution in [3.05, 3.63) is 32.6 Å². The number of carboxylic acid groups (broad SMARTS) is 1. The molecule has 0 fully saturated rings. The number of aliphatic carboxylic acids is 1. The van der Waals surface area contributed by atoms with Gasteiger partial charge in [0, 0.05) is 12.0 Å². The van der Waals surface area contributed by atoms with E-state index in [2.05, 4.69) is 0 Å². The molecule has 2 rings (SSSR count). The van der Waals surface area contributed by atoms with E-state index in [-0.39, 0.29) is 22.0 Å². The van der Waals surface area contributed by atoms with E-state index in [1.165, 1.54) is 13.2 Å². The third kappa shape index (κ3) is 3.34. The summed E-state index contributed by atoms with van der Waals surface area (Å²) in [7, 11) is 1.51. The van der Waals surface area contributed by atoms with E-state index < -0.39 is 12.5 Å². The Labute approximate surface area is 129 Å². The minimum absolute atomic E-state index is 0.0688. The molecule has 0 aliphatic carbocycles. The van der Waals surface area contributed by atoms with Crippen molar-refractivity contribution in [3.8, 4) is 17.4 Å². The molecule has 0 atom stereocenters. The van der Waals surface area contributed by atoms with Gasteiger partial charge in [-0.15, -0.1) is 11.3 Å². The number of rotatable bonds is 5.